The zero-order chi connectivity index (χ0) is 22.4. The lowest BCUT2D eigenvalue weighted by Gasteiger charge is -2.30. The minimum absolute atomic E-state index is 0.279. The summed E-state index contributed by atoms with van der Waals surface area (Å²) in [4.78, 5) is 35.0. The second-order valence-electron chi connectivity index (χ2n) is 8.13. The van der Waals surface area contributed by atoms with Crippen LogP contribution < -0.4 is 4.90 Å². The van der Waals surface area contributed by atoms with Gasteiger partial charge >= 0.3 is 5.97 Å². The summed E-state index contributed by atoms with van der Waals surface area (Å²) in [5.41, 5.74) is 4.86. The van der Waals surface area contributed by atoms with Crippen LogP contribution in [0.2, 0.25) is 0 Å². The van der Waals surface area contributed by atoms with Gasteiger partial charge in [0, 0.05) is 20.9 Å². The fraction of sp³-hybridized carbons (Fsp3) is 0.148. The Morgan fingerprint density at radius 1 is 0.879 bits per heavy atom. The number of ether oxygens (including phenoxy) is 1. The number of carbonyl (C=O) groups excluding carboxylic acids is 2. The molecule has 1 aliphatic carbocycles. The maximum Gasteiger partial charge on any atom is 0.339 e. The number of aromatic nitrogens is 1. The van der Waals surface area contributed by atoms with Crippen molar-refractivity contribution in [3.8, 4) is 0 Å². The molecule has 0 atom stereocenters. The molecule has 0 bridgehead atoms. The van der Waals surface area contributed by atoms with Gasteiger partial charge in [0.25, 0.3) is 5.91 Å². The quantitative estimate of drug-likeness (QED) is 0.373. The van der Waals surface area contributed by atoms with Crippen LogP contribution in [0, 0.1) is 0 Å². The molecule has 1 aromatic heterocycles. The number of benzene rings is 3. The van der Waals surface area contributed by atoms with E-state index < -0.39 is 5.97 Å². The predicted octanol–water partition coefficient (Wildman–Crippen LogP) is 5.71. The number of aryl methyl sites for hydroxylation is 1. The molecule has 0 N–H and O–H groups in total. The van der Waals surface area contributed by atoms with Gasteiger partial charge in [0.15, 0.2) is 6.61 Å². The van der Waals surface area contributed by atoms with Crippen molar-refractivity contribution in [3.63, 3.8) is 0 Å². The summed E-state index contributed by atoms with van der Waals surface area (Å²) >= 11 is 1.63. The van der Waals surface area contributed by atoms with Crippen molar-refractivity contribution in [1.82, 2.24) is 4.98 Å². The zero-order valence-corrected chi connectivity index (χ0v) is 18.6. The van der Waals surface area contributed by atoms with Crippen molar-refractivity contribution in [2.45, 2.75) is 29.1 Å². The van der Waals surface area contributed by atoms with Crippen LogP contribution >= 0.6 is 11.8 Å². The average molecular weight is 453 g/mol. The van der Waals surface area contributed by atoms with Crippen LogP contribution in [0.4, 0.5) is 11.4 Å². The Labute approximate surface area is 195 Å². The van der Waals surface area contributed by atoms with E-state index in [1.165, 1.54) is 0 Å². The molecular formula is C27H20N2O3S. The van der Waals surface area contributed by atoms with Crippen LogP contribution in [0.3, 0.4) is 0 Å². The predicted molar refractivity (Wildman–Crippen MR) is 128 cm³/mol. The molecule has 1 aliphatic heterocycles. The number of rotatable bonds is 3. The van der Waals surface area contributed by atoms with Gasteiger partial charge in [0.05, 0.1) is 22.5 Å². The van der Waals surface area contributed by atoms with Gasteiger partial charge in [0.2, 0.25) is 0 Å². The van der Waals surface area contributed by atoms with Crippen LogP contribution in [0.1, 0.15) is 28.0 Å². The average Bonchev–Trinajstić information content (AvgIpc) is 3.32. The van der Waals surface area contributed by atoms with E-state index in [9.17, 15) is 9.59 Å². The molecule has 0 fully saturated rings. The SMILES string of the molecule is O=C(OCC(=O)N1c2ccccc2Sc2ccccc21)c1c2c(nc3ccccc13)CCC2. The van der Waals surface area contributed by atoms with E-state index in [2.05, 4.69) is 0 Å². The molecule has 6 heteroatoms. The number of hydrogen-bond donors (Lipinski definition) is 0. The molecule has 2 heterocycles. The van der Waals surface area contributed by atoms with Crippen LogP contribution in [-0.4, -0.2) is 23.5 Å². The van der Waals surface area contributed by atoms with Crippen molar-refractivity contribution in [2.24, 2.45) is 0 Å². The molecule has 5 nitrogen and oxygen atoms in total. The third-order valence-electron chi connectivity index (χ3n) is 6.13. The van der Waals surface area contributed by atoms with Gasteiger partial charge < -0.3 is 4.74 Å². The van der Waals surface area contributed by atoms with Gasteiger partial charge in [-0.05, 0) is 55.2 Å². The topological polar surface area (TPSA) is 59.5 Å². The Bertz CT molecular complexity index is 1390. The molecule has 6 rings (SSSR count). The van der Waals surface area contributed by atoms with Crippen molar-refractivity contribution < 1.29 is 14.3 Å². The third kappa shape index (κ3) is 3.38. The molecule has 162 valence electrons. The number of pyridine rings is 1. The lowest BCUT2D eigenvalue weighted by Crippen LogP contribution is -2.32. The number of para-hydroxylation sites is 3. The Kier molecular flexibility index (Phi) is 4.88. The first-order valence-corrected chi connectivity index (χ1v) is 11.8. The van der Waals surface area contributed by atoms with Gasteiger partial charge in [0.1, 0.15) is 0 Å². The fourth-order valence-corrected chi connectivity index (χ4v) is 5.74. The summed E-state index contributed by atoms with van der Waals surface area (Å²) in [6.45, 7) is -0.336. The fourth-order valence-electron chi connectivity index (χ4n) is 4.68. The molecule has 0 spiro atoms. The van der Waals surface area contributed by atoms with E-state index in [1.807, 2.05) is 72.8 Å². The summed E-state index contributed by atoms with van der Waals surface area (Å²) in [6.07, 6.45) is 2.63. The van der Waals surface area contributed by atoms with Gasteiger partial charge in [-0.1, -0.05) is 54.2 Å². The Balaban J connectivity index is 1.32. The van der Waals surface area contributed by atoms with Crippen LogP contribution in [-0.2, 0) is 22.4 Å². The number of carbonyl (C=O) groups is 2. The van der Waals surface area contributed by atoms with Crippen LogP contribution in [0.15, 0.2) is 82.6 Å². The first kappa shape index (κ1) is 20.0. The minimum Gasteiger partial charge on any atom is -0.452 e. The smallest absolute Gasteiger partial charge is 0.339 e. The van der Waals surface area contributed by atoms with Gasteiger partial charge in [-0.25, -0.2) is 4.79 Å². The third-order valence-corrected chi connectivity index (χ3v) is 7.26. The maximum atomic E-state index is 13.4. The van der Waals surface area contributed by atoms with Crippen LogP contribution in [0.25, 0.3) is 10.9 Å². The second-order valence-corrected chi connectivity index (χ2v) is 9.21. The van der Waals surface area contributed by atoms with Crippen molar-refractivity contribution >= 4 is 45.9 Å². The molecule has 2 aliphatic rings. The zero-order valence-electron chi connectivity index (χ0n) is 17.8. The highest BCUT2D eigenvalue weighted by Crippen LogP contribution is 2.47. The lowest BCUT2D eigenvalue weighted by molar-refractivity contribution is -0.121. The molecule has 4 aromatic rings. The number of fused-ring (bicyclic) bond motifs is 4. The standard InChI is InChI=1S/C27H20N2O3S/c30-25(29-21-12-3-5-14-23(21)33-24-15-6-4-13-22(24)29)16-32-27(31)26-17-8-1-2-10-19(17)28-20-11-7-9-18(20)26/h1-6,8,10,12-15H,7,9,11,16H2. The first-order valence-electron chi connectivity index (χ1n) is 11.0. The molecule has 0 unspecified atom stereocenters. The summed E-state index contributed by atoms with van der Waals surface area (Å²) < 4.78 is 5.64. The number of nitrogens with zero attached hydrogens (tertiary/aromatic N) is 2. The highest BCUT2D eigenvalue weighted by Gasteiger charge is 2.30. The Morgan fingerprint density at radius 3 is 2.30 bits per heavy atom. The summed E-state index contributed by atoms with van der Waals surface area (Å²) in [6, 6.07) is 23.2. The summed E-state index contributed by atoms with van der Waals surface area (Å²) in [5, 5.41) is 0.778. The summed E-state index contributed by atoms with van der Waals surface area (Å²) in [5.74, 6) is -0.744. The van der Waals surface area contributed by atoms with Crippen molar-refractivity contribution in [1.29, 1.82) is 0 Å². The van der Waals surface area contributed by atoms with E-state index >= 15 is 0 Å². The monoisotopic (exact) mass is 452 g/mol. The van der Waals surface area contributed by atoms with E-state index in [1.54, 1.807) is 16.7 Å². The first-order chi connectivity index (χ1) is 16.2. The summed E-state index contributed by atoms with van der Waals surface area (Å²) in [7, 11) is 0. The minimum atomic E-state index is -0.465. The molecular weight excluding hydrogens is 432 g/mol. The van der Waals surface area contributed by atoms with E-state index in [0.717, 1.165) is 62.6 Å². The Morgan fingerprint density at radius 2 is 1.55 bits per heavy atom. The van der Waals surface area contributed by atoms with Crippen molar-refractivity contribution in [3.05, 3.63) is 89.6 Å². The molecule has 0 radical (unpaired) electrons. The number of amides is 1. The molecule has 0 saturated heterocycles. The second kappa shape index (κ2) is 8.05. The highest BCUT2D eigenvalue weighted by atomic mass is 32.2. The Hall–Kier alpha value is -3.64. The lowest BCUT2D eigenvalue weighted by atomic mass is 10.0. The molecule has 33 heavy (non-hydrogen) atoms. The largest absolute Gasteiger partial charge is 0.452 e. The molecule has 3 aromatic carbocycles. The normalized spacial score (nSPS) is 13.9. The maximum absolute atomic E-state index is 13.4. The number of hydrogen-bond acceptors (Lipinski definition) is 5. The van der Waals surface area contributed by atoms with Gasteiger partial charge in [-0.15, -0.1) is 0 Å². The molecule has 1 amide bonds. The number of esters is 1. The highest BCUT2D eigenvalue weighted by molar-refractivity contribution is 7.99. The molecule has 0 saturated carbocycles. The van der Waals surface area contributed by atoms with Crippen LogP contribution in [0.5, 0.6) is 0 Å². The van der Waals surface area contributed by atoms with Gasteiger partial charge in [-0.3, -0.25) is 14.7 Å². The van der Waals surface area contributed by atoms with E-state index in [4.69, 9.17) is 9.72 Å². The van der Waals surface area contributed by atoms with Gasteiger partial charge in [-0.2, -0.15) is 0 Å². The number of anilines is 2. The van der Waals surface area contributed by atoms with Crippen molar-refractivity contribution in [2.75, 3.05) is 11.5 Å². The van der Waals surface area contributed by atoms with E-state index in [0.29, 0.717) is 5.56 Å². The van der Waals surface area contributed by atoms with E-state index in [-0.39, 0.29) is 12.5 Å².